The third kappa shape index (κ3) is 1.12. The van der Waals surface area contributed by atoms with Gasteiger partial charge in [-0.25, -0.2) is 0 Å². The molecule has 0 spiro atoms. The molecule has 0 fully saturated rings. The van der Waals surface area contributed by atoms with Crippen LogP contribution in [0.1, 0.15) is 18.2 Å². The monoisotopic (exact) mass is 232 g/mol. The summed E-state index contributed by atoms with van der Waals surface area (Å²) >= 11 is 5.49. The van der Waals surface area contributed by atoms with Crippen LogP contribution in [-0.2, 0) is 18.1 Å². The van der Waals surface area contributed by atoms with Crippen LogP contribution >= 0.6 is 27.7 Å². The van der Waals surface area contributed by atoms with Crippen molar-refractivity contribution in [3.05, 3.63) is 15.9 Å². The molecule has 0 bridgehead atoms. The van der Waals surface area contributed by atoms with Crippen LogP contribution < -0.4 is 0 Å². The summed E-state index contributed by atoms with van der Waals surface area (Å²) in [6, 6.07) is 0. The lowest BCUT2D eigenvalue weighted by Crippen LogP contribution is -1.97. The van der Waals surface area contributed by atoms with Crippen LogP contribution in [0.4, 0.5) is 0 Å². The van der Waals surface area contributed by atoms with E-state index >= 15 is 0 Å². The highest BCUT2D eigenvalue weighted by Crippen LogP contribution is 2.34. The number of rotatable bonds is 1. The fourth-order valence-corrected chi connectivity index (χ4v) is 3.16. The van der Waals surface area contributed by atoms with Gasteiger partial charge in [-0.05, 0) is 22.9 Å². The first-order chi connectivity index (χ1) is 5.33. The summed E-state index contributed by atoms with van der Waals surface area (Å²) in [5.41, 5.74) is 2.67. The Hall–Kier alpha value is 0.0400. The lowest BCUT2D eigenvalue weighted by atomic mass is 10.3. The van der Waals surface area contributed by atoms with Crippen LogP contribution in [0.25, 0.3) is 0 Å². The summed E-state index contributed by atoms with van der Waals surface area (Å²) < 4.78 is 3.20. The fourth-order valence-electron chi connectivity index (χ4n) is 1.24. The van der Waals surface area contributed by atoms with Gasteiger partial charge in [0.15, 0.2) is 0 Å². The highest BCUT2D eigenvalue weighted by molar-refractivity contribution is 9.10. The molecule has 0 atom stereocenters. The molecule has 1 aliphatic heterocycles. The van der Waals surface area contributed by atoms with Crippen molar-refractivity contribution in [2.75, 3.05) is 0 Å². The van der Waals surface area contributed by atoms with Gasteiger partial charge in [0.2, 0.25) is 0 Å². The van der Waals surface area contributed by atoms with E-state index in [-0.39, 0.29) is 0 Å². The molecule has 2 nitrogen and oxygen atoms in total. The predicted molar refractivity (Wildman–Crippen MR) is 50.6 cm³/mol. The van der Waals surface area contributed by atoms with Gasteiger partial charge in [0.25, 0.3) is 0 Å². The Morgan fingerprint density at radius 3 is 3.09 bits per heavy atom. The van der Waals surface area contributed by atoms with Crippen LogP contribution in [0.2, 0.25) is 0 Å². The van der Waals surface area contributed by atoms with Crippen molar-refractivity contribution in [3.8, 4) is 0 Å². The Bertz CT molecular complexity index is 281. The van der Waals surface area contributed by atoms with E-state index in [9.17, 15) is 0 Å². The smallest absolute Gasteiger partial charge is 0.108 e. The average molecular weight is 233 g/mol. The van der Waals surface area contributed by atoms with Crippen LogP contribution in [0.15, 0.2) is 4.60 Å². The molecule has 11 heavy (non-hydrogen) atoms. The van der Waals surface area contributed by atoms with E-state index in [1.807, 2.05) is 16.4 Å². The van der Waals surface area contributed by atoms with Crippen molar-refractivity contribution in [1.82, 2.24) is 9.78 Å². The maximum absolute atomic E-state index is 4.46. The molecule has 4 heteroatoms. The molecule has 1 aromatic heterocycles. The second kappa shape index (κ2) is 2.83. The minimum Gasteiger partial charge on any atom is -0.258 e. The van der Waals surface area contributed by atoms with Gasteiger partial charge in [-0.1, -0.05) is 0 Å². The summed E-state index contributed by atoms with van der Waals surface area (Å²) in [5.74, 6) is 2.21. The molecular weight excluding hydrogens is 224 g/mol. The molecule has 0 aromatic carbocycles. The Balaban J connectivity index is 2.49. The molecule has 0 N–H and O–H groups in total. The predicted octanol–water partition coefficient (Wildman–Crippen LogP) is 2.41. The highest BCUT2D eigenvalue weighted by atomic mass is 79.9. The SMILES string of the molecule is CCn1nc2c(c1Br)CSC2. The first-order valence-electron chi connectivity index (χ1n) is 3.64. The number of hydrogen-bond acceptors (Lipinski definition) is 2. The maximum Gasteiger partial charge on any atom is 0.108 e. The molecule has 60 valence electrons. The third-order valence-electron chi connectivity index (χ3n) is 1.85. The number of fused-ring (bicyclic) bond motifs is 1. The zero-order chi connectivity index (χ0) is 7.84. The summed E-state index contributed by atoms with van der Waals surface area (Å²) in [6.45, 7) is 3.07. The molecule has 0 amide bonds. The topological polar surface area (TPSA) is 17.8 Å². The standard InChI is InChI=1S/C7H9BrN2S/c1-2-10-7(8)5-3-11-4-6(5)9-10/h2-4H2,1H3. The van der Waals surface area contributed by atoms with Crippen LogP contribution in [0, 0.1) is 0 Å². The molecule has 2 rings (SSSR count). The largest absolute Gasteiger partial charge is 0.258 e. The van der Waals surface area contributed by atoms with Gasteiger partial charge in [-0.3, -0.25) is 4.68 Å². The number of halogens is 1. The molecule has 0 radical (unpaired) electrons. The van der Waals surface area contributed by atoms with E-state index in [0.717, 1.165) is 18.1 Å². The van der Waals surface area contributed by atoms with Gasteiger partial charge in [-0.15, -0.1) is 0 Å². The lowest BCUT2D eigenvalue weighted by molar-refractivity contribution is 0.638. The summed E-state index contributed by atoms with van der Waals surface area (Å²) in [5, 5.41) is 4.46. The van der Waals surface area contributed by atoms with Crippen molar-refractivity contribution in [2.45, 2.75) is 25.0 Å². The number of nitrogens with zero attached hydrogens (tertiary/aromatic N) is 2. The second-order valence-electron chi connectivity index (χ2n) is 2.52. The number of thioether (sulfide) groups is 1. The molecule has 1 aromatic rings. The van der Waals surface area contributed by atoms with Crippen LogP contribution in [-0.4, -0.2) is 9.78 Å². The van der Waals surface area contributed by atoms with E-state index in [1.54, 1.807) is 0 Å². The minimum atomic E-state index is 0.957. The second-order valence-corrected chi connectivity index (χ2v) is 4.26. The maximum atomic E-state index is 4.46. The van der Waals surface area contributed by atoms with E-state index in [1.165, 1.54) is 15.9 Å². The zero-order valence-electron chi connectivity index (χ0n) is 6.30. The fraction of sp³-hybridized carbons (Fsp3) is 0.571. The van der Waals surface area contributed by atoms with Crippen molar-refractivity contribution >= 4 is 27.7 Å². The summed E-state index contributed by atoms with van der Waals surface area (Å²) in [7, 11) is 0. The molecule has 0 unspecified atom stereocenters. The van der Waals surface area contributed by atoms with Gasteiger partial charge in [0.1, 0.15) is 4.60 Å². The quantitative estimate of drug-likeness (QED) is 0.741. The van der Waals surface area contributed by atoms with Gasteiger partial charge in [-0.2, -0.15) is 16.9 Å². The van der Waals surface area contributed by atoms with Gasteiger partial charge < -0.3 is 0 Å². The summed E-state index contributed by atoms with van der Waals surface area (Å²) in [4.78, 5) is 0. The Morgan fingerprint density at radius 1 is 1.64 bits per heavy atom. The zero-order valence-corrected chi connectivity index (χ0v) is 8.70. The van der Waals surface area contributed by atoms with E-state index in [0.29, 0.717) is 0 Å². The molecule has 0 aliphatic carbocycles. The Labute approximate surface area is 78.5 Å². The van der Waals surface area contributed by atoms with Gasteiger partial charge in [0.05, 0.1) is 5.69 Å². The molecule has 0 saturated carbocycles. The average Bonchev–Trinajstić information content (AvgIpc) is 2.53. The van der Waals surface area contributed by atoms with Crippen molar-refractivity contribution in [2.24, 2.45) is 0 Å². The van der Waals surface area contributed by atoms with Crippen molar-refractivity contribution in [1.29, 1.82) is 0 Å². The van der Waals surface area contributed by atoms with Crippen LogP contribution in [0.5, 0.6) is 0 Å². The Morgan fingerprint density at radius 2 is 2.45 bits per heavy atom. The summed E-state index contributed by atoms with van der Waals surface area (Å²) in [6.07, 6.45) is 0. The first kappa shape index (κ1) is 7.68. The van der Waals surface area contributed by atoms with Gasteiger partial charge in [0, 0.05) is 23.6 Å². The molecule has 2 heterocycles. The lowest BCUT2D eigenvalue weighted by Gasteiger charge is -1.97. The highest BCUT2D eigenvalue weighted by Gasteiger charge is 2.19. The number of hydrogen-bond donors (Lipinski definition) is 0. The van der Waals surface area contributed by atoms with E-state index < -0.39 is 0 Å². The molecule has 0 saturated heterocycles. The molecular formula is C7H9BrN2S. The molecule has 1 aliphatic rings. The van der Waals surface area contributed by atoms with E-state index in [4.69, 9.17) is 0 Å². The third-order valence-corrected chi connectivity index (χ3v) is 3.71. The van der Waals surface area contributed by atoms with E-state index in [2.05, 4.69) is 28.0 Å². The number of aryl methyl sites for hydroxylation is 1. The number of aromatic nitrogens is 2. The first-order valence-corrected chi connectivity index (χ1v) is 5.59. The Kier molecular flexibility index (Phi) is 1.97. The van der Waals surface area contributed by atoms with Crippen LogP contribution in [0.3, 0.4) is 0 Å². The van der Waals surface area contributed by atoms with Crippen molar-refractivity contribution < 1.29 is 0 Å². The van der Waals surface area contributed by atoms with Crippen molar-refractivity contribution in [3.63, 3.8) is 0 Å². The normalized spacial score (nSPS) is 15.5. The van der Waals surface area contributed by atoms with Gasteiger partial charge >= 0.3 is 0 Å². The minimum absolute atomic E-state index is 0.957.